The summed E-state index contributed by atoms with van der Waals surface area (Å²) in [5.41, 5.74) is 3.07. The highest BCUT2D eigenvalue weighted by atomic mass is 16.2. The summed E-state index contributed by atoms with van der Waals surface area (Å²) in [6.07, 6.45) is 4.57. The van der Waals surface area contributed by atoms with E-state index >= 15 is 0 Å². The van der Waals surface area contributed by atoms with Gasteiger partial charge in [0.2, 0.25) is 5.91 Å². The molecule has 4 heteroatoms. The standard InChI is InChI=1S/C17H29N3O/c1-11-7-9-17(5,10-8-11)18-16(21)12(2)15-13(3)19-20(6)14(15)4/h11-12H,7-10H2,1-6H3,(H,18,21)/t11?,12-,17?/m1/s1. The number of amides is 1. The molecular weight excluding hydrogens is 262 g/mol. The fourth-order valence-corrected chi connectivity index (χ4v) is 3.48. The third-order valence-corrected chi connectivity index (χ3v) is 5.19. The third-order valence-electron chi connectivity index (χ3n) is 5.19. The summed E-state index contributed by atoms with van der Waals surface area (Å²) in [5.74, 6) is 0.774. The van der Waals surface area contributed by atoms with Crippen molar-refractivity contribution in [2.45, 2.75) is 71.8 Å². The van der Waals surface area contributed by atoms with E-state index in [9.17, 15) is 4.79 Å². The van der Waals surface area contributed by atoms with Gasteiger partial charge in [-0.1, -0.05) is 6.92 Å². The number of carbonyl (C=O) groups is 1. The number of aromatic nitrogens is 2. The average Bonchev–Trinajstić information content (AvgIpc) is 2.66. The van der Waals surface area contributed by atoms with Gasteiger partial charge in [-0.25, -0.2) is 0 Å². The molecule has 21 heavy (non-hydrogen) atoms. The molecule has 0 unspecified atom stereocenters. The molecule has 0 spiro atoms. The van der Waals surface area contributed by atoms with Crippen molar-refractivity contribution in [3.63, 3.8) is 0 Å². The van der Waals surface area contributed by atoms with Crippen LogP contribution in [0, 0.1) is 19.8 Å². The van der Waals surface area contributed by atoms with Crippen LogP contribution in [0.1, 0.15) is 69.3 Å². The minimum Gasteiger partial charge on any atom is -0.350 e. The zero-order chi connectivity index (χ0) is 15.8. The summed E-state index contributed by atoms with van der Waals surface area (Å²) in [7, 11) is 1.93. The number of hydrogen-bond donors (Lipinski definition) is 1. The van der Waals surface area contributed by atoms with Crippen molar-refractivity contribution < 1.29 is 4.79 Å². The summed E-state index contributed by atoms with van der Waals surface area (Å²) >= 11 is 0. The van der Waals surface area contributed by atoms with Gasteiger partial charge in [0, 0.05) is 23.8 Å². The molecule has 0 bridgehead atoms. The number of rotatable bonds is 3. The molecule has 1 N–H and O–H groups in total. The number of nitrogens with one attached hydrogen (secondary N) is 1. The fourth-order valence-electron chi connectivity index (χ4n) is 3.48. The molecule has 118 valence electrons. The second kappa shape index (κ2) is 5.82. The predicted octanol–water partition coefficient (Wildman–Crippen LogP) is 3.23. The van der Waals surface area contributed by atoms with Crippen LogP contribution in [-0.2, 0) is 11.8 Å². The van der Waals surface area contributed by atoms with E-state index in [1.54, 1.807) is 0 Å². The maximum absolute atomic E-state index is 12.7. The highest BCUT2D eigenvalue weighted by molar-refractivity contribution is 5.84. The van der Waals surface area contributed by atoms with Gasteiger partial charge in [0.15, 0.2) is 0 Å². The number of carbonyl (C=O) groups excluding carboxylic acids is 1. The molecule has 1 aromatic heterocycles. The Morgan fingerprint density at radius 3 is 2.43 bits per heavy atom. The van der Waals surface area contributed by atoms with Gasteiger partial charge in [0.1, 0.15) is 0 Å². The van der Waals surface area contributed by atoms with Crippen LogP contribution in [0.15, 0.2) is 0 Å². The first-order valence-electron chi connectivity index (χ1n) is 8.05. The lowest BCUT2D eigenvalue weighted by Gasteiger charge is -2.37. The van der Waals surface area contributed by atoms with E-state index in [2.05, 4.69) is 24.3 Å². The first kappa shape index (κ1) is 16.1. The van der Waals surface area contributed by atoms with Gasteiger partial charge in [0.25, 0.3) is 0 Å². The molecule has 0 aliphatic heterocycles. The van der Waals surface area contributed by atoms with Crippen LogP contribution >= 0.6 is 0 Å². The Labute approximate surface area is 128 Å². The summed E-state index contributed by atoms with van der Waals surface area (Å²) in [5, 5.41) is 7.73. The van der Waals surface area contributed by atoms with Gasteiger partial charge in [-0.3, -0.25) is 9.48 Å². The Kier molecular flexibility index (Phi) is 4.45. The second-order valence-corrected chi connectivity index (χ2v) is 7.16. The van der Waals surface area contributed by atoms with Crippen molar-refractivity contribution in [3.8, 4) is 0 Å². The van der Waals surface area contributed by atoms with Crippen molar-refractivity contribution in [1.82, 2.24) is 15.1 Å². The lowest BCUT2D eigenvalue weighted by molar-refractivity contribution is -0.124. The normalized spacial score (nSPS) is 27.4. The first-order valence-corrected chi connectivity index (χ1v) is 8.05. The van der Waals surface area contributed by atoms with Crippen molar-refractivity contribution in [2.75, 3.05) is 0 Å². The van der Waals surface area contributed by atoms with Crippen molar-refractivity contribution in [3.05, 3.63) is 17.0 Å². The van der Waals surface area contributed by atoms with E-state index in [0.29, 0.717) is 0 Å². The summed E-state index contributed by atoms with van der Waals surface area (Å²) in [6, 6.07) is 0. The minimum atomic E-state index is -0.144. The maximum atomic E-state index is 12.7. The molecule has 4 nitrogen and oxygen atoms in total. The van der Waals surface area contributed by atoms with Gasteiger partial charge in [0.05, 0.1) is 11.6 Å². The molecule has 1 aliphatic rings. The Morgan fingerprint density at radius 1 is 1.38 bits per heavy atom. The Balaban J connectivity index is 2.09. The molecule has 1 fully saturated rings. The quantitative estimate of drug-likeness (QED) is 0.929. The van der Waals surface area contributed by atoms with Gasteiger partial charge >= 0.3 is 0 Å². The van der Waals surface area contributed by atoms with Crippen LogP contribution in [0.3, 0.4) is 0 Å². The van der Waals surface area contributed by atoms with Gasteiger partial charge in [-0.05, 0) is 59.3 Å². The molecular formula is C17H29N3O. The molecule has 1 amide bonds. The van der Waals surface area contributed by atoms with Crippen molar-refractivity contribution in [2.24, 2.45) is 13.0 Å². The van der Waals surface area contributed by atoms with E-state index in [1.165, 1.54) is 12.8 Å². The smallest absolute Gasteiger partial charge is 0.227 e. The molecule has 1 heterocycles. The van der Waals surface area contributed by atoms with Crippen LogP contribution in [0.2, 0.25) is 0 Å². The van der Waals surface area contributed by atoms with Crippen LogP contribution in [0.25, 0.3) is 0 Å². The van der Waals surface area contributed by atoms with Crippen LogP contribution in [0.4, 0.5) is 0 Å². The summed E-state index contributed by atoms with van der Waals surface area (Å²) in [4.78, 5) is 12.7. The SMILES string of the molecule is Cc1nn(C)c(C)c1[C@@H](C)C(=O)NC1(C)CCC(C)CC1. The van der Waals surface area contributed by atoms with Crippen LogP contribution in [-0.4, -0.2) is 21.2 Å². The van der Waals surface area contributed by atoms with Crippen LogP contribution in [0.5, 0.6) is 0 Å². The van der Waals surface area contributed by atoms with E-state index in [4.69, 9.17) is 0 Å². The lowest BCUT2D eigenvalue weighted by atomic mass is 9.78. The molecule has 1 atom stereocenters. The highest BCUT2D eigenvalue weighted by Crippen LogP contribution is 2.32. The topological polar surface area (TPSA) is 46.9 Å². The molecule has 0 aromatic carbocycles. The Bertz CT molecular complexity index is 524. The minimum absolute atomic E-state index is 0.0398. The molecule has 2 rings (SSSR count). The number of hydrogen-bond acceptors (Lipinski definition) is 2. The fraction of sp³-hybridized carbons (Fsp3) is 0.765. The summed E-state index contributed by atoms with van der Waals surface area (Å²) in [6.45, 7) is 10.5. The maximum Gasteiger partial charge on any atom is 0.227 e. The molecule has 1 aromatic rings. The average molecular weight is 291 g/mol. The summed E-state index contributed by atoms with van der Waals surface area (Å²) < 4.78 is 1.86. The third kappa shape index (κ3) is 3.30. The zero-order valence-corrected chi connectivity index (χ0v) is 14.3. The van der Waals surface area contributed by atoms with E-state index < -0.39 is 0 Å². The van der Waals surface area contributed by atoms with E-state index in [-0.39, 0.29) is 17.4 Å². The largest absolute Gasteiger partial charge is 0.350 e. The van der Waals surface area contributed by atoms with Crippen LogP contribution < -0.4 is 5.32 Å². The van der Waals surface area contributed by atoms with Gasteiger partial charge in [-0.15, -0.1) is 0 Å². The van der Waals surface area contributed by atoms with Crippen molar-refractivity contribution in [1.29, 1.82) is 0 Å². The Morgan fingerprint density at radius 2 is 1.95 bits per heavy atom. The number of aryl methyl sites for hydroxylation is 2. The van der Waals surface area contributed by atoms with Crippen molar-refractivity contribution >= 4 is 5.91 Å². The molecule has 0 saturated heterocycles. The number of nitrogens with zero attached hydrogens (tertiary/aromatic N) is 2. The molecule has 1 saturated carbocycles. The monoisotopic (exact) mass is 291 g/mol. The van der Waals surface area contributed by atoms with E-state index in [1.807, 2.05) is 32.5 Å². The Hall–Kier alpha value is -1.32. The highest BCUT2D eigenvalue weighted by Gasteiger charge is 2.33. The van der Waals surface area contributed by atoms with E-state index in [0.717, 1.165) is 35.7 Å². The first-order chi connectivity index (χ1) is 9.73. The van der Waals surface area contributed by atoms with Gasteiger partial charge in [-0.2, -0.15) is 5.10 Å². The predicted molar refractivity (Wildman–Crippen MR) is 85.3 cm³/mol. The second-order valence-electron chi connectivity index (χ2n) is 7.16. The lowest BCUT2D eigenvalue weighted by Crippen LogP contribution is -2.49. The molecule has 1 aliphatic carbocycles. The van der Waals surface area contributed by atoms with Gasteiger partial charge < -0.3 is 5.32 Å². The molecule has 0 radical (unpaired) electrons. The zero-order valence-electron chi connectivity index (χ0n) is 14.3.